The van der Waals surface area contributed by atoms with Gasteiger partial charge in [0.2, 0.25) is 10.0 Å². The second-order valence-electron chi connectivity index (χ2n) is 5.39. The van der Waals surface area contributed by atoms with Crippen LogP contribution in [0.25, 0.3) is 0 Å². The van der Waals surface area contributed by atoms with Crippen LogP contribution in [0.1, 0.15) is 19.3 Å². The molecule has 2 fully saturated rings. The molecule has 3 heterocycles. The number of aromatic nitrogens is 1. The highest BCUT2D eigenvalue weighted by Gasteiger charge is 2.34. The Labute approximate surface area is 128 Å². The van der Waals surface area contributed by atoms with Gasteiger partial charge in [-0.2, -0.15) is 4.31 Å². The van der Waals surface area contributed by atoms with Crippen molar-refractivity contribution in [1.82, 2.24) is 14.2 Å². The summed E-state index contributed by atoms with van der Waals surface area (Å²) < 4.78 is 27.8. The van der Waals surface area contributed by atoms with Crippen LogP contribution >= 0.6 is 15.9 Å². The van der Waals surface area contributed by atoms with Gasteiger partial charge in [0.25, 0.3) is 0 Å². The first-order chi connectivity index (χ1) is 9.57. The standard InChI is InChI=1S/C13H18BrN3O2S/c14-11-7-13(9-15-8-11)20(18,19)17-6-2-5-16-4-1-3-12(16)10-17/h7-9,12H,1-6,10H2. The lowest BCUT2D eigenvalue weighted by atomic mass is 10.2. The zero-order valence-corrected chi connectivity index (χ0v) is 13.6. The summed E-state index contributed by atoms with van der Waals surface area (Å²) in [5, 5.41) is 0. The summed E-state index contributed by atoms with van der Waals surface area (Å²) in [6, 6.07) is 2.01. The van der Waals surface area contributed by atoms with Crippen molar-refractivity contribution in [3.05, 3.63) is 22.9 Å². The quantitative estimate of drug-likeness (QED) is 0.806. The summed E-state index contributed by atoms with van der Waals surface area (Å²) in [5.74, 6) is 0. The lowest BCUT2D eigenvalue weighted by Crippen LogP contribution is -2.39. The zero-order chi connectivity index (χ0) is 14.2. The molecule has 1 aromatic rings. The second-order valence-corrected chi connectivity index (χ2v) is 8.24. The molecule has 0 N–H and O–H groups in total. The highest BCUT2D eigenvalue weighted by atomic mass is 79.9. The van der Waals surface area contributed by atoms with Gasteiger partial charge in [-0.15, -0.1) is 0 Å². The minimum absolute atomic E-state index is 0.276. The van der Waals surface area contributed by atoms with E-state index in [1.165, 1.54) is 12.6 Å². The highest BCUT2D eigenvalue weighted by Crippen LogP contribution is 2.25. The van der Waals surface area contributed by atoms with Gasteiger partial charge in [0, 0.05) is 36.0 Å². The van der Waals surface area contributed by atoms with Crippen LogP contribution in [0.4, 0.5) is 0 Å². The number of nitrogens with zero attached hydrogens (tertiary/aromatic N) is 3. The lowest BCUT2D eigenvalue weighted by Gasteiger charge is -2.25. The normalized spacial score (nSPS) is 25.4. The van der Waals surface area contributed by atoms with E-state index in [0.29, 0.717) is 23.6 Å². The molecule has 1 aromatic heterocycles. The fourth-order valence-corrected chi connectivity index (χ4v) is 5.10. The molecule has 2 saturated heterocycles. The topological polar surface area (TPSA) is 53.5 Å². The second kappa shape index (κ2) is 5.71. The van der Waals surface area contributed by atoms with E-state index < -0.39 is 10.0 Å². The van der Waals surface area contributed by atoms with E-state index in [9.17, 15) is 8.42 Å². The average Bonchev–Trinajstić information content (AvgIpc) is 2.75. The fourth-order valence-electron chi connectivity index (χ4n) is 3.07. The maximum absolute atomic E-state index is 12.7. The van der Waals surface area contributed by atoms with Crippen molar-refractivity contribution >= 4 is 26.0 Å². The highest BCUT2D eigenvalue weighted by molar-refractivity contribution is 9.10. The van der Waals surface area contributed by atoms with Crippen molar-refractivity contribution in [2.24, 2.45) is 0 Å². The summed E-state index contributed by atoms with van der Waals surface area (Å²) >= 11 is 3.29. The molecule has 0 radical (unpaired) electrons. The smallest absolute Gasteiger partial charge is 0.244 e. The first kappa shape index (κ1) is 14.4. The Morgan fingerprint density at radius 2 is 2.00 bits per heavy atom. The molecule has 1 unspecified atom stereocenters. The molecule has 0 saturated carbocycles. The van der Waals surface area contributed by atoms with Gasteiger partial charge in [0.1, 0.15) is 4.90 Å². The Balaban J connectivity index is 1.87. The maximum atomic E-state index is 12.7. The van der Waals surface area contributed by atoms with Crippen LogP contribution < -0.4 is 0 Å². The summed E-state index contributed by atoms with van der Waals surface area (Å²) in [6.45, 7) is 3.32. The lowest BCUT2D eigenvalue weighted by molar-refractivity contribution is 0.257. The Bertz CT molecular complexity index is 593. The molecule has 110 valence electrons. The molecular formula is C13H18BrN3O2S. The monoisotopic (exact) mass is 359 g/mol. The van der Waals surface area contributed by atoms with Crippen molar-refractivity contribution in [1.29, 1.82) is 0 Å². The van der Waals surface area contributed by atoms with Crippen LogP contribution in [0.3, 0.4) is 0 Å². The Hall–Kier alpha value is -0.500. The first-order valence-electron chi connectivity index (χ1n) is 6.92. The number of fused-ring (bicyclic) bond motifs is 1. The van der Waals surface area contributed by atoms with Crippen molar-refractivity contribution in [3.8, 4) is 0 Å². The van der Waals surface area contributed by atoms with Crippen LogP contribution in [0.5, 0.6) is 0 Å². The van der Waals surface area contributed by atoms with Gasteiger partial charge in [0.15, 0.2) is 0 Å². The van der Waals surface area contributed by atoms with Crippen LogP contribution in [0.15, 0.2) is 27.8 Å². The predicted octanol–water partition coefficient (Wildman–Crippen LogP) is 1.70. The van der Waals surface area contributed by atoms with E-state index in [1.54, 1.807) is 16.6 Å². The van der Waals surface area contributed by atoms with Crippen molar-refractivity contribution in [2.75, 3.05) is 26.2 Å². The predicted molar refractivity (Wildman–Crippen MR) is 79.9 cm³/mol. The molecule has 0 aliphatic carbocycles. The summed E-state index contributed by atoms with van der Waals surface area (Å²) in [4.78, 5) is 6.67. The SMILES string of the molecule is O=S(=O)(c1cncc(Br)c1)N1CCCN2CCCC2C1. The molecule has 3 rings (SSSR count). The molecule has 2 aliphatic rings. The number of pyridine rings is 1. The molecule has 2 aliphatic heterocycles. The number of halogens is 1. The Kier molecular flexibility index (Phi) is 4.12. The van der Waals surface area contributed by atoms with Gasteiger partial charge >= 0.3 is 0 Å². The van der Waals surface area contributed by atoms with E-state index in [4.69, 9.17) is 0 Å². The van der Waals surface area contributed by atoms with Crippen molar-refractivity contribution in [2.45, 2.75) is 30.2 Å². The molecule has 5 nitrogen and oxygen atoms in total. The van der Waals surface area contributed by atoms with E-state index in [1.807, 2.05) is 0 Å². The minimum Gasteiger partial charge on any atom is -0.299 e. The average molecular weight is 360 g/mol. The third-order valence-corrected chi connectivity index (χ3v) is 6.35. The van der Waals surface area contributed by atoms with Crippen molar-refractivity contribution in [3.63, 3.8) is 0 Å². The van der Waals surface area contributed by atoms with Gasteiger partial charge in [-0.3, -0.25) is 9.88 Å². The zero-order valence-electron chi connectivity index (χ0n) is 11.2. The number of hydrogen-bond acceptors (Lipinski definition) is 4. The van der Waals surface area contributed by atoms with Gasteiger partial charge in [-0.05, 0) is 54.3 Å². The molecule has 20 heavy (non-hydrogen) atoms. The Morgan fingerprint density at radius 1 is 1.20 bits per heavy atom. The Morgan fingerprint density at radius 3 is 2.80 bits per heavy atom. The summed E-state index contributed by atoms with van der Waals surface area (Å²) in [7, 11) is -3.43. The minimum atomic E-state index is -3.43. The van der Waals surface area contributed by atoms with Gasteiger partial charge in [-0.25, -0.2) is 8.42 Å². The van der Waals surface area contributed by atoms with Crippen LogP contribution in [0.2, 0.25) is 0 Å². The molecule has 0 bridgehead atoms. The fraction of sp³-hybridized carbons (Fsp3) is 0.615. The van der Waals surface area contributed by atoms with Crippen LogP contribution in [-0.4, -0.2) is 54.8 Å². The van der Waals surface area contributed by atoms with E-state index in [2.05, 4.69) is 25.8 Å². The third-order valence-electron chi connectivity index (χ3n) is 4.08. The number of rotatable bonds is 2. The van der Waals surface area contributed by atoms with Gasteiger partial charge < -0.3 is 0 Å². The summed E-state index contributed by atoms with van der Waals surface area (Å²) in [6.07, 6.45) is 6.20. The molecular weight excluding hydrogens is 342 g/mol. The van der Waals surface area contributed by atoms with Crippen LogP contribution in [-0.2, 0) is 10.0 Å². The van der Waals surface area contributed by atoms with Crippen molar-refractivity contribution < 1.29 is 8.42 Å². The number of hydrogen-bond donors (Lipinski definition) is 0. The molecule has 0 spiro atoms. The van der Waals surface area contributed by atoms with E-state index in [0.717, 1.165) is 25.9 Å². The maximum Gasteiger partial charge on any atom is 0.244 e. The van der Waals surface area contributed by atoms with Gasteiger partial charge in [0.05, 0.1) is 0 Å². The first-order valence-corrected chi connectivity index (χ1v) is 9.15. The summed E-state index contributed by atoms with van der Waals surface area (Å²) in [5.41, 5.74) is 0. The molecule has 0 aromatic carbocycles. The molecule has 1 atom stereocenters. The third kappa shape index (κ3) is 2.77. The molecule has 7 heteroatoms. The van der Waals surface area contributed by atoms with E-state index in [-0.39, 0.29) is 4.90 Å². The molecule has 0 amide bonds. The van der Waals surface area contributed by atoms with E-state index >= 15 is 0 Å². The number of sulfonamides is 1. The largest absolute Gasteiger partial charge is 0.299 e. The van der Waals surface area contributed by atoms with Gasteiger partial charge in [-0.1, -0.05) is 0 Å². The van der Waals surface area contributed by atoms with Crippen LogP contribution in [0, 0.1) is 0 Å².